The molecule has 2 nitrogen and oxygen atoms in total. The molecular weight excluding hydrogens is 281 g/mol. The minimum atomic E-state index is 0.586. The van der Waals surface area contributed by atoms with Crippen molar-refractivity contribution < 1.29 is 4.74 Å². The van der Waals surface area contributed by atoms with Crippen LogP contribution in [0.4, 0.5) is 5.69 Å². The molecule has 0 fully saturated rings. The molecule has 0 saturated heterocycles. The van der Waals surface area contributed by atoms with E-state index in [0.29, 0.717) is 17.3 Å². The van der Waals surface area contributed by atoms with E-state index in [0.717, 1.165) is 21.8 Å². The maximum atomic E-state index is 6.19. The molecule has 100 valence electrons. The van der Waals surface area contributed by atoms with Crippen LogP contribution in [0.25, 0.3) is 0 Å². The topological polar surface area (TPSA) is 21.3 Å². The van der Waals surface area contributed by atoms with Crippen LogP contribution in [0.5, 0.6) is 5.75 Å². The fourth-order valence-electron chi connectivity index (χ4n) is 1.77. The summed E-state index contributed by atoms with van der Waals surface area (Å²) in [7, 11) is 1.60. The summed E-state index contributed by atoms with van der Waals surface area (Å²) >= 11 is 12.3. The number of methoxy groups -OCH3 is 1. The molecule has 0 saturated carbocycles. The van der Waals surface area contributed by atoms with Gasteiger partial charge < -0.3 is 10.1 Å². The Morgan fingerprint density at radius 2 is 1.84 bits per heavy atom. The molecule has 0 aliphatic heterocycles. The number of aryl methyl sites for hydroxylation is 1. The van der Waals surface area contributed by atoms with Crippen LogP contribution in [-0.2, 0) is 6.54 Å². The van der Waals surface area contributed by atoms with E-state index in [1.807, 2.05) is 43.3 Å². The fraction of sp³-hybridized carbons (Fsp3) is 0.200. The Balaban J connectivity index is 2.08. The molecule has 0 atom stereocenters. The van der Waals surface area contributed by atoms with Gasteiger partial charge in [0.05, 0.1) is 12.1 Å². The van der Waals surface area contributed by atoms with Crippen molar-refractivity contribution in [3.8, 4) is 5.75 Å². The van der Waals surface area contributed by atoms with Gasteiger partial charge in [0.15, 0.2) is 0 Å². The molecular formula is C15H15Cl2NO. The lowest BCUT2D eigenvalue weighted by molar-refractivity contribution is 0.415. The van der Waals surface area contributed by atoms with Crippen LogP contribution < -0.4 is 10.1 Å². The first-order valence-electron chi connectivity index (χ1n) is 5.92. The minimum absolute atomic E-state index is 0.586. The van der Waals surface area contributed by atoms with Crippen LogP contribution in [0.1, 0.15) is 11.1 Å². The molecule has 2 aromatic rings. The van der Waals surface area contributed by atoms with Gasteiger partial charge in [0.2, 0.25) is 0 Å². The Hall–Kier alpha value is -1.38. The molecule has 2 aromatic carbocycles. The highest BCUT2D eigenvalue weighted by atomic mass is 35.5. The standard InChI is InChI=1S/C15H15Cl2NO/c1-10-3-4-11(13(16)7-10)9-18-12-5-6-15(19-2)14(17)8-12/h3-8,18H,9H2,1-2H3. The zero-order valence-electron chi connectivity index (χ0n) is 10.8. The van der Waals surface area contributed by atoms with Crippen molar-refractivity contribution in [1.82, 2.24) is 0 Å². The molecule has 0 spiro atoms. The van der Waals surface area contributed by atoms with Crippen LogP contribution in [0, 0.1) is 6.92 Å². The Kier molecular flexibility index (Phi) is 4.56. The van der Waals surface area contributed by atoms with Crippen molar-refractivity contribution in [1.29, 1.82) is 0 Å². The average molecular weight is 296 g/mol. The Morgan fingerprint density at radius 3 is 2.47 bits per heavy atom. The van der Waals surface area contributed by atoms with Gasteiger partial charge in [0, 0.05) is 17.3 Å². The third kappa shape index (κ3) is 3.55. The third-order valence-electron chi connectivity index (χ3n) is 2.84. The number of hydrogen-bond donors (Lipinski definition) is 1. The fourth-order valence-corrected chi connectivity index (χ4v) is 2.33. The Morgan fingerprint density at radius 1 is 1.05 bits per heavy atom. The summed E-state index contributed by atoms with van der Waals surface area (Å²) in [6.45, 7) is 2.67. The molecule has 0 heterocycles. The van der Waals surface area contributed by atoms with Crippen LogP contribution in [0.15, 0.2) is 36.4 Å². The zero-order valence-corrected chi connectivity index (χ0v) is 12.3. The van der Waals surface area contributed by atoms with Gasteiger partial charge in [-0.2, -0.15) is 0 Å². The van der Waals surface area contributed by atoms with E-state index in [9.17, 15) is 0 Å². The largest absolute Gasteiger partial charge is 0.495 e. The average Bonchev–Trinajstić information content (AvgIpc) is 2.38. The number of nitrogens with one attached hydrogen (secondary N) is 1. The maximum absolute atomic E-state index is 6.19. The number of anilines is 1. The predicted molar refractivity (Wildman–Crippen MR) is 81.5 cm³/mol. The van der Waals surface area contributed by atoms with Gasteiger partial charge in [0.1, 0.15) is 5.75 Å². The summed E-state index contributed by atoms with van der Waals surface area (Å²) < 4.78 is 5.11. The van der Waals surface area contributed by atoms with Crippen molar-refractivity contribution in [2.75, 3.05) is 12.4 Å². The van der Waals surface area contributed by atoms with E-state index < -0.39 is 0 Å². The second-order valence-corrected chi connectivity index (χ2v) is 5.11. The number of hydrogen-bond acceptors (Lipinski definition) is 2. The predicted octanol–water partition coefficient (Wildman–Crippen LogP) is 4.92. The first-order chi connectivity index (χ1) is 9.10. The lowest BCUT2D eigenvalue weighted by atomic mass is 10.1. The Bertz CT molecular complexity index is 584. The summed E-state index contributed by atoms with van der Waals surface area (Å²) in [5.41, 5.74) is 3.14. The van der Waals surface area contributed by atoms with Crippen molar-refractivity contribution in [3.63, 3.8) is 0 Å². The van der Waals surface area contributed by atoms with E-state index in [1.54, 1.807) is 7.11 Å². The van der Waals surface area contributed by atoms with E-state index >= 15 is 0 Å². The normalized spacial score (nSPS) is 10.3. The van der Waals surface area contributed by atoms with Crippen LogP contribution in [-0.4, -0.2) is 7.11 Å². The van der Waals surface area contributed by atoms with Crippen molar-refractivity contribution >= 4 is 28.9 Å². The highest BCUT2D eigenvalue weighted by molar-refractivity contribution is 6.32. The van der Waals surface area contributed by atoms with Crippen LogP contribution >= 0.6 is 23.2 Å². The summed E-state index contributed by atoms with van der Waals surface area (Å²) in [5, 5.41) is 4.65. The van der Waals surface area contributed by atoms with E-state index in [-0.39, 0.29) is 0 Å². The lowest BCUT2D eigenvalue weighted by Gasteiger charge is -2.10. The van der Waals surface area contributed by atoms with E-state index in [4.69, 9.17) is 27.9 Å². The molecule has 0 unspecified atom stereocenters. The van der Waals surface area contributed by atoms with E-state index in [1.165, 1.54) is 0 Å². The van der Waals surface area contributed by atoms with Crippen LogP contribution in [0.3, 0.4) is 0 Å². The summed E-state index contributed by atoms with van der Waals surface area (Å²) in [6, 6.07) is 11.6. The molecule has 0 amide bonds. The number of rotatable bonds is 4. The highest BCUT2D eigenvalue weighted by Crippen LogP contribution is 2.27. The quantitative estimate of drug-likeness (QED) is 0.864. The summed E-state index contributed by atoms with van der Waals surface area (Å²) in [4.78, 5) is 0. The molecule has 0 radical (unpaired) electrons. The smallest absolute Gasteiger partial charge is 0.137 e. The zero-order chi connectivity index (χ0) is 13.8. The van der Waals surface area contributed by atoms with Gasteiger partial charge in [-0.3, -0.25) is 0 Å². The SMILES string of the molecule is COc1ccc(NCc2ccc(C)cc2Cl)cc1Cl. The molecule has 1 N–H and O–H groups in total. The molecule has 0 bridgehead atoms. The number of halogens is 2. The Labute approximate surface area is 123 Å². The maximum Gasteiger partial charge on any atom is 0.137 e. The molecule has 0 aromatic heterocycles. The molecule has 19 heavy (non-hydrogen) atoms. The number of benzene rings is 2. The second-order valence-electron chi connectivity index (χ2n) is 4.30. The van der Waals surface area contributed by atoms with Crippen molar-refractivity contribution in [2.45, 2.75) is 13.5 Å². The van der Waals surface area contributed by atoms with Gasteiger partial charge in [-0.15, -0.1) is 0 Å². The van der Waals surface area contributed by atoms with Crippen molar-refractivity contribution in [3.05, 3.63) is 57.6 Å². The summed E-state index contributed by atoms with van der Waals surface area (Å²) in [5.74, 6) is 0.667. The van der Waals surface area contributed by atoms with Crippen LogP contribution in [0.2, 0.25) is 10.0 Å². The molecule has 2 rings (SSSR count). The molecule has 0 aliphatic carbocycles. The molecule has 0 aliphatic rings. The van der Waals surface area contributed by atoms with Crippen molar-refractivity contribution in [2.24, 2.45) is 0 Å². The van der Waals surface area contributed by atoms with Gasteiger partial charge in [-0.05, 0) is 42.3 Å². The lowest BCUT2D eigenvalue weighted by Crippen LogP contribution is -2.00. The third-order valence-corrected chi connectivity index (χ3v) is 3.49. The first kappa shape index (κ1) is 14.0. The first-order valence-corrected chi connectivity index (χ1v) is 6.68. The minimum Gasteiger partial charge on any atom is -0.495 e. The molecule has 4 heteroatoms. The second kappa shape index (κ2) is 6.18. The summed E-state index contributed by atoms with van der Waals surface area (Å²) in [6.07, 6.45) is 0. The van der Waals surface area contributed by atoms with Gasteiger partial charge in [0.25, 0.3) is 0 Å². The number of ether oxygens (including phenoxy) is 1. The highest BCUT2D eigenvalue weighted by Gasteiger charge is 2.03. The van der Waals surface area contributed by atoms with E-state index in [2.05, 4.69) is 5.32 Å². The van der Waals surface area contributed by atoms with Gasteiger partial charge >= 0.3 is 0 Å². The monoisotopic (exact) mass is 295 g/mol. The van der Waals surface area contributed by atoms with Gasteiger partial charge in [-0.25, -0.2) is 0 Å². The van der Waals surface area contributed by atoms with Gasteiger partial charge in [-0.1, -0.05) is 35.3 Å².